The van der Waals surface area contributed by atoms with Gasteiger partial charge >= 0.3 is 0 Å². The van der Waals surface area contributed by atoms with Gasteiger partial charge in [-0.2, -0.15) is 10.2 Å². The van der Waals surface area contributed by atoms with E-state index in [0.29, 0.717) is 30.4 Å². The van der Waals surface area contributed by atoms with Crippen molar-refractivity contribution in [3.63, 3.8) is 0 Å². The molecule has 3 heterocycles. The number of amides is 1. The molecule has 2 N–H and O–H groups in total. The third kappa shape index (κ3) is 2.77. The summed E-state index contributed by atoms with van der Waals surface area (Å²) in [5.41, 5.74) is 1.95. The number of H-pyrrole nitrogens is 1. The lowest BCUT2D eigenvalue weighted by Crippen LogP contribution is -2.41. The summed E-state index contributed by atoms with van der Waals surface area (Å²) >= 11 is 0. The summed E-state index contributed by atoms with van der Waals surface area (Å²) in [5.74, 6) is 2.38. The minimum atomic E-state index is -0.133. The van der Waals surface area contributed by atoms with Crippen molar-refractivity contribution in [3.05, 3.63) is 47.7 Å². The molecule has 3 aromatic rings. The van der Waals surface area contributed by atoms with Crippen LogP contribution in [0, 0.1) is 0 Å². The molecule has 1 aliphatic heterocycles. The minimum absolute atomic E-state index is 0.0951. The Labute approximate surface area is 155 Å². The molecule has 1 saturated carbocycles. The highest BCUT2D eigenvalue weighted by Gasteiger charge is 2.35. The number of phenols is 1. The van der Waals surface area contributed by atoms with Crippen LogP contribution in [0.2, 0.25) is 0 Å². The second-order valence-corrected chi connectivity index (χ2v) is 7.21. The molecule has 1 atom stereocenters. The molecule has 27 heavy (non-hydrogen) atoms. The van der Waals surface area contributed by atoms with Crippen LogP contribution in [0.25, 0.3) is 11.3 Å². The highest BCUT2D eigenvalue weighted by molar-refractivity contribution is 5.93. The average molecular weight is 364 g/mol. The van der Waals surface area contributed by atoms with Gasteiger partial charge in [0.2, 0.25) is 0 Å². The van der Waals surface area contributed by atoms with Gasteiger partial charge in [-0.1, -0.05) is 0 Å². The molecule has 0 spiro atoms. The van der Waals surface area contributed by atoms with E-state index in [0.717, 1.165) is 30.1 Å². The molecule has 1 amide bonds. The number of fused-ring (bicyclic) bond motifs is 1. The minimum Gasteiger partial charge on any atom is -0.508 e. The predicted molar refractivity (Wildman–Crippen MR) is 97.1 cm³/mol. The van der Waals surface area contributed by atoms with Gasteiger partial charge < -0.3 is 10.0 Å². The summed E-state index contributed by atoms with van der Waals surface area (Å²) in [5, 5.41) is 21.1. The van der Waals surface area contributed by atoms with Gasteiger partial charge in [0.05, 0.1) is 18.3 Å². The van der Waals surface area contributed by atoms with E-state index in [1.807, 2.05) is 16.5 Å². The maximum atomic E-state index is 13.0. The van der Waals surface area contributed by atoms with Crippen molar-refractivity contribution >= 4 is 5.91 Å². The number of carbonyl (C=O) groups is 1. The number of aromatic amines is 1. The van der Waals surface area contributed by atoms with E-state index in [-0.39, 0.29) is 17.7 Å². The molecule has 138 valence electrons. The largest absolute Gasteiger partial charge is 0.508 e. The first-order valence-corrected chi connectivity index (χ1v) is 9.20. The van der Waals surface area contributed by atoms with Crippen molar-refractivity contribution in [2.24, 2.45) is 0 Å². The fourth-order valence-electron chi connectivity index (χ4n) is 3.54. The van der Waals surface area contributed by atoms with E-state index in [9.17, 15) is 9.90 Å². The van der Waals surface area contributed by atoms with E-state index in [2.05, 4.69) is 20.3 Å². The first-order chi connectivity index (χ1) is 13.1. The van der Waals surface area contributed by atoms with Crippen LogP contribution < -0.4 is 0 Å². The van der Waals surface area contributed by atoms with Crippen LogP contribution >= 0.6 is 0 Å². The number of benzene rings is 1. The zero-order valence-corrected chi connectivity index (χ0v) is 15.0. The number of carbonyl (C=O) groups excluding carboxylic acids is 1. The fraction of sp³-hybridized carbons (Fsp3) is 0.368. The van der Waals surface area contributed by atoms with Crippen LogP contribution in [-0.4, -0.2) is 47.4 Å². The van der Waals surface area contributed by atoms with E-state index in [4.69, 9.17) is 0 Å². The van der Waals surface area contributed by atoms with Crippen molar-refractivity contribution in [2.45, 2.75) is 38.3 Å². The van der Waals surface area contributed by atoms with E-state index >= 15 is 0 Å². The average Bonchev–Trinajstić information content (AvgIpc) is 3.24. The predicted octanol–water partition coefficient (Wildman–Crippen LogP) is 2.47. The van der Waals surface area contributed by atoms with E-state index in [1.165, 1.54) is 0 Å². The lowest BCUT2D eigenvalue weighted by atomic mass is 10.1. The lowest BCUT2D eigenvalue weighted by Gasteiger charge is -2.32. The quantitative estimate of drug-likeness (QED) is 0.744. The molecule has 8 nitrogen and oxygen atoms in total. The molecule has 0 radical (unpaired) electrons. The first-order valence-electron chi connectivity index (χ1n) is 9.20. The fourth-order valence-corrected chi connectivity index (χ4v) is 3.54. The molecular weight excluding hydrogens is 344 g/mol. The van der Waals surface area contributed by atoms with Gasteiger partial charge in [-0.05, 0) is 50.1 Å². The summed E-state index contributed by atoms with van der Waals surface area (Å²) in [7, 11) is 0. The number of aromatic hydroxyl groups is 1. The van der Waals surface area contributed by atoms with Crippen LogP contribution in [0.4, 0.5) is 0 Å². The summed E-state index contributed by atoms with van der Waals surface area (Å²) < 4.78 is 1.94. The molecule has 0 bridgehead atoms. The number of phenolic OH excluding ortho intramolecular Hbond substituents is 1. The molecule has 5 rings (SSSR count). The van der Waals surface area contributed by atoms with Gasteiger partial charge in [0.25, 0.3) is 5.91 Å². The molecule has 1 aliphatic carbocycles. The number of nitrogens with zero attached hydrogens (tertiary/aromatic N) is 5. The zero-order chi connectivity index (χ0) is 18.5. The van der Waals surface area contributed by atoms with Crippen molar-refractivity contribution in [2.75, 3.05) is 6.54 Å². The van der Waals surface area contributed by atoms with Gasteiger partial charge in [-0.3, -0.25) is 9.89 Å². The van der Waals surface area contributed by atoms with Gasteiger partial charge in [-0.15, -0.1) is 0 Å². The molecule has 0 saturated heterocycles. The second-order valence-electron chi connectivity index (χ2n) is 7.21. The van der Waals surface area contributed by atoms with Crippen LogP contribution in [0.3, 0.4) is 0 Å². The van der Waals surface area contributed by atoms with E-state index in [1.54, 1.807) is 30.3 Å². The van der Waals surface area contributed by atoms with Crippen LogP contribution in [0.15, 0.2) is 30.3 Å². The maximum Gasteiger partial charge on any atom is 0.272 e. The lowest BCUT2D eigenvalue weighted by molar-refractivity contribution is 0.0624. The van der Waals surface area contributed by atoms with E-state index < -0.39 is 0 Å². The van der Waals surface area contributed by atoms with Crippen molar-refractivity contribution < 1.29 is 9.90 Å². The molecule has 2 aliphatic rings. The number of hydrogen-bond acceptors (Lipinski definition) is 5. The maximum absolute atomic E-state index is 13.0. The standard InChI is InChI=1S/C19H20N6O2/c1-11-18-20-17(13-2-3-13)23-25(18)9-8-24(11)19(27)16-10-15(21-22-16)12-4-6-14(26)7-5-12/h4-7,10-11,13,26H,2-3,8-9H2,1H3,(H,21,22)/t11-/m1/s1. The molecule has 1 aromatic carbocycles. The first kappa shape index (κ1) is 16.0. The smallest absolute Gasteiger partial charge is 0.272 e. The van der Waals surface area contributed by atoms with Crippen molar-refractivity contribution in [1.29, 1.82) is 0 Å². The van der Waals surface area contributed by atoms with Crippen LogP contribution in [0.1, 0.15) is 53.9 Å². The molecular formula is C19H20N6O2. The Morgan fingerprint density at radius 3 is 2.74 bits per heavy atom. The van der Waals surface area contributed by atoms with Crippen LogP contribution in [-0.2, 0) is 6.54 Å². The number of nitrogens with one attached hydrogen (secondary N) is 1. The SMILES string of the molecule is C[C@@H]1c2nc(C3CC3)nn2CCN1C(=O)c1cc(-c2ccc(O)cc2)n[nH]1. The summed E-state index contributed by atoms with van der Waals surface area (Å²) in [6, 6.07) is 8.35. The molecule has 8 heteroatoms. The van der Waals surface area contributed by atoms with Gasteiger partial charge in [-0.25, -0.2) is 9.67 Å². The third-order valence-corrected chi connectivity index (χ3v) is 5.29. The summed E-state index contributed by atoms with van der Waals surface area (Å²) in [4.78, 5) is 19.5. The van der Waals surface area contributed by atoms with Gasteiger partial charge in [0, 0.05) is 18.0 Å². The third-order valence-electron chi connectivity index (χ3n) is 5.29. The number of hydrogen-bond donors (Lipinski definition) is 2. The Hall–Kier alpha value is -3.16. The zero-order valence-electron chi connectivity index (χ0n) is 15.0. The van der Waals surface area contributed by atoms with Crippen LogP contribution in [0.5, 0.6) is 5.75 Å². The molecule has 2 aromatic heterocycles. The summed E-state index contributed by atoms with van der Waals surface area (Å²) in [6.07, 6.45) is 2.32. The Kier molecular flexibility index (Phi) is 3.53. The second kappa shape index (κ2) is 5.94. The molecule has 0 unspecified atom stereocenters. The highest BCUT2D eigenvalue weighted by atomic mass is 16.3. The summed E-state index contributed by atoms with van der Waals surface area (Å²) in [6.45, 7) is 3.24. The Bertz CT molecular complexity index is 1000. The monoisotopic (exact) mass is 364 g/mol. The number of rotatable bonds is 3. The van der Waals surface area contributed by atoms with Gasteiger partial charge in [0.15, 0.2) is 5.82 Å². The highest BCUT2D eigenvalue weighted by Crippen LogP contribution is 2.39. The Morgan fingerprint density at radius 1 is 1.22 bits per heavy atom. The van der Waals surface area contributed by atoms with Crippen molar-refractivity contribution in [1.82, 2.24) is 29.9 Å². The Morgan fingerprint density at radius 2 is 2.00 bits per heavy atom. The normalized spacial score (nSPS) is 19.1. The number of aromatic nitrogens is 5. The van der Waals surface area contributed by atoms with Gasteiger partial charge in [0.1, 0.15) is 17.3 Å². The molecule has 1 fully saturated rings. The van der Waals surface area contributed by atoms with Crippen molar-refractivity contribution in [3.8, 4) is 17.0 Å². The Balaban J connectivity index is 1.38. The topological polar surface area (TPSA) is 99.9 Å².